The molecule has 2 heterocycles. The average Bonchev–Trinajstić information content (AvgIpc) is 3.15. The van der Waals surface area contributed by atoms with Crippen molar-refractivity contribution in [1.82, 2.24) is 10.2 Å². The molecule has 0 unspecified atom stereocenters. The van der Waals surface area contributed by atoms with E-state index < -0.39 is 0 Å². The molecule has 5 nitrogen and oxygen atoms in total. The van der Waals surface area contributed by atoms with E-state index in [0.717, 1.165) is 30.6 Å². The van der Waals surface area contributed by atoms with Gasteiger partial charge in [0.05, 0.1) is 11.3 Å². The smallest absolute Gasteiger partial charge is 0.257 e. The number of nitrogens with one attached hydrogen (secondary N) is 1. The molecule has 0 radical (unpaired) electrons. The van der Waals surface area contributed by atoms with Crippen LogP contribution in [-0.4, -0.2) is 36.5 Å². The molecule has 0 bridgehead atoms. The molecular weight excluding hydrogens is 314 g/mol. The van der Waals surface area contributed by atoms with Gasteiger partial charge in [-0.05, 0) is 36.6 Å². The summed E-state index contributed by atoms with van der Waals surface area (Å²) in [4.78, 5) is 29.2. The summed E-state index contributed by atoms with van der Waals surface area (Å²) < 4.78 is 0. The van der Waals surface area contributed by atoms with Crippen LogP contribution in [0.25, 0.3) is 0 Å². The third kappa shape index (κ3) is 2.76. The lowest BCUT2D eigenvalue weighted by molar-refractivity contribution is 0.0719. The van der Waals surface area contributed by atoms with Crippen molar-refractivity contribution in [3.05, 3.63) is 65.2 Å². The van der Waals surface area contributed by atoms with Crippen LogP contribution in [0.1, 0.15) is 39.1 Å². The van der Waals surface area contributed by atoms with Gasteiger partial charge in [-0.2, -0.15) is 0 Å². The minimum atomic E-state index is -0.124. The van der Waals surface area contributed by atoms with Crippen LogP contribution >= 0.6 is 0 Å². The summed E-state index contributed by atoms with van der Waals surface area (Å²) in [6, 6.07) is 15.2. The fourth-order valence-electron chi connectivity index (χ4n) is 3.73. The fourth-order valence-corrected chi connectivity index (χ4v) is 3.73. The number of fused-ring (bicyclic) bond motifs is 2. The Morgan fingerprint density at radius 2 is 2.00 bits per heavy atom. The van der Waals surface area contributed by atoms with Crippen LogP contribution in [0.4, 0.5) is 5.69 Å². The van der Waals surface area contributed by atoms with Crippen LogP contribution < -0.4 is 10.2 Å². The maximum absolute atomic E-state index is 12.6. The summed E-state index contributed by atoms with van der Waals surface area (Å²) in [6.07, 6.45) is 2.12. The molecule has 2 aliphatic heterocycles. The van der Waals surface area contributed by atoms with Gasteiger partial charge < -0.3 is 15.1 Å². The zero-order valence-electron chi connectivity index (χ0n) is 14.2. The van der Waals surface area contributed by atoms with Crippen molar-refractivity contribution in [2.45, 2.75) is 25.6 Å². The van der Waals surface area contributed by atoms with E-state index in [2.05, 4.69) is 10.2 Å². The van der Waals surface area contributed by atoms with Crippen LogP contribution in [-0.2, 0) is 6.54 Å². The molecule has 25 heavy (non-hydrogen) atoms. The monoisotopic (exact) mass is 335 g/mol. The highest BCUT2D eigenvalue weighted by Gasteiger charge is 2.38. The van der Waals surface area contributed by atoms with Crippen molar-refractivity contribution in [2.24, 2.45) is 0 Å². The van der Waals surface area contributed by atoms with E-state index in [1.54, 1.807) is 12.1 Å². The molecule has 128 valence electrons. The average molecular weight is 335 g/mol. The van der Waals surface area contributed by atoms with E-state index in [1.807, 2.05) is 48.3 Å². The maximum atomic E-state index is 12.6. The van der Waals surface area contributed by atoms with Crippen LogP contribution in [0.5, 0.6) is 0 Å². The van der Waals surface area contributed by atoms with Crippen LogP contribution in [0.15, 0.2) is 48.5 Å². The van der Waals surface area contributed by atoms with Gasteiger partial charge in [0.1, 0.15) is 6.17 Å². The molecule has 4 rings (SSSR count). The van der Waals surface area contributed by atoms with E-state index >= 15 is 0 Å². The van der Waals surface area contributed by atoms with E-state index in [-0.39, 0.29) is 18.0 Å². The number of hydrogen-bond donors (Lipinski definition) is 1. The highest BCUT2D eigenvalue weighted by molar-refractivity contribution is 6.04. The molecule has 0 spiro atoms. The Hall–Kier alpha value is -2.82. The van der Waals surface area contributed by atoms with E-state index in [1.165, 1.54) is 0 Å². The number of amides is 2. The Bertz CT molecular complexity index is 819. The Labute approximate surface area is 147 Å². The first-order chi connectivity index (χ1) is 12.1. The summed E-state index contributed by atoms with van der Waals surface area (Å²) in [5, 5.41) is 2.94. The van der Waals surface area contributed by atoms with Crippen LogP contribution in [0, 0.1) is 0 Å². The SMILES string of the molecule is CN1c2cc(C(=O)NCc3ccccc3)ccc2C(=O)N2CCC[C@@H]21. The quantitative estimate of drug-likeness (QED) is 0.938. The fraction of sp³-hybridized carbons (Fsp3) is 0.300. The number of anilines is 1. The first-order valence-electron chi connectivity index (χ1n) is 8.65. The van der Waals surface area contributed by atoms with Crippen molar-refractivity contribution in [1.29, 1.82) is 0 Å². The normalized spacial score (nSPS) is 18.8. The van der Waals surface area contributed by atoms with E-state index in [0.29, 0.717) is 17.7 Å². The molecule has 0 aromatic heterocycles. The van der Waals surface area contributed by atoms with Crippen molar-refractivity contribution >= 4 is 17.5 Å². The predicted octanol–water partition coefficient (Wildman–Crippen LogP) is 2.63. The number of carbonyl (C=O) groups excluding carboxylic acids is 2. The zero-order chi connectivity index (χ0) is 17.4. The molecule has 2 aliphatic rings. The lowest BCUT2D eigenvalue weighted by Gasteiger charge is -2.40. The van der Waals surface area contributed by atoms with Gasteiger partial charge in [0.15, 0.2) is 0 Å². The number of benzene rings is 2. The Morgan fingerprint density at radius 1 is 1.20 bits per heavy atom. The van der Waals surface area contributed by atoms with Gasteiger partial charge in [0.2, 0.25) is 0 Å². The summed E-state index contributed by atoms with van der Waals surface area (Å²) in [7, 11) is 2.00. The Balaban J connectivity index is 1.55. The van der Waals surface area contributed by atoms with Crippen molar-refractivity contribution in [3.8, 4) is 0 Å². The van der Waals surface area contributed by atoms with Gasteiger partial charge in [-0.1, -0.05) is 30.3 Å². The zero-order valence-corrected chi connectivity index (χ0v) is 14.2. The molecule has 0 saturated carbocycles. The number of rotatable bonds is 3. The molecular formula is C20H21N3O2. The lowest BCUT2D eigenvalue weighted by Crippen LogP contribution is -2.50. The molecule has 2 aromatic rings. The third-order valence-corrected chi connectivity index (χ3v) is 5.10. The van der Waals surface area contributed by atoms with Crippen LogP contribution in [0.3, 0.4) is 0 Å². The highest BCUT2D eigenvalue weighted by Crippen LogP contribution is 2.35. The molecule has 5 heteroatoms. The number of hydrogen-bond acceptors (Lipinski definition) is 3. The molecule has 1 N–H and O–H groups in total. The van der Waals surface area contributed by atoms with Crippen LogP contribution in [0.2, 0.25) is 0 Å². The summed E-state index contributed by atoms with van der Waals surface area (Å²) in [6.45, 7) is 1.30. The molecule has 1 fully saturated rings. The largest absolute Gasteiger partial charge is 0.354 e. The summed E-state index contributed by atoms with van der Waals surface area (Å²) in [5.74, 6) is -0.0480. The first kappa shape index (κ1) is 15.7. The summed E-state index contributed by atoms with van der Waals surface area (Å²) in [5.41, 5.74) is 3.17. The first-order valence-corrected chi connectivity index (χ1v) is 8.65. The van der Waals surface area contributed by atoms with Gasteiger partial charge in [-0.3, -0.25) is 9.59 Å². The van der Waals surface area contributed by atoms with Gasteiger partial charge in [-0.25, -0.2) is 0 Å². The van der Waals surface area contributed by atoms with Crippen molar-refractivity contribution < 1.29 is 9.59 Å². The third-order valence-electron chi connectivity index (χ3n) is 5.10. The highest BCUT2D eigenvalue weighted by atomic mass is 16.2. The maximum Gasteiger partial charge on any atom is 0.257 e. The Morgan fingerprint density at radius 3 is 2.80 bits per heavy atom. The standard InChI is InChI=1S/C20H21N3O2/c1-22-17-12-15(19(24)21-13-14-6-3-2-4-7-14)9-10-16(17)20(25)23-11-5-8-18(22)23/h2-4,6-7,9-10,12,18H,5,8,11,13H2,1H3,(H,21,24)/t18-/m1/s1. The predicted molar refractivity (Wildman–Crippen MR) is 96.5 cm³/mol. The molecule has 0 aliphatic carbocycles. The summed E-state index contributed by atoms with van der Waals surface area (Å²) >= 11 is 0. The second-order valence-electron chi connectivity index (χ2n) is 6.63. The van der Waals surface area contributed by atoms with E-state index in [4.69, 9.17) is 0 Å². The number of nitrogens with zero attached hydrogens (tertiary/aromatic N) is 2. The second-order valence-corrected chi connectivity index (χ2v) is 6.63. The Kier molecular flexibility index (Phi) is 3.92. The number of carbonyl (C=O) groups is 2. The minimum absolute atomic E-state index is 0.0758. The topological polar surface area (TPSA) is 52.7 Å². The van der Waals surface area contributed by atoms with Gasteiger partial charge in [0.25, 0.3) is 11.8 Å². The van der Waals surface area contributed by atoms with Crippen molar-refractivity contribution in [3.63, 3.8) is 0 Å². The van der Waals surface area contributed by atoms with Crippen molar-refractivity contribution in [2.75, 3.05) is 18.5 Å². The van der Waals surface area contributed by atoms with Gasteiger partial charge >= 0.3 is 0 Å². The second kappa shape index (κ2) is 6.24. The molecule has 2 amide bonds. The molecule has 1 saturated heterocycles. The van der Waals surface area contributed by atoms with Gasteiger partial charge in [0, 0.05) is 25.7 Å². The van der Waals surface area contributed by atoms with E-state index in [9.17, 15) is 9.59 Å². The molecule has 2 aromatic carbocycles. The molecule has 1 atom stereocenters. The lowest BCUT2D eigenvalue weighted by atomic mass is 10.0. The van der Waals surface area contributed by atoms with Gasteiger partial charge in [-0.15, -0.1) is 0 Å². The minimum Gasteiger partial charge on any atom is -0.354 e.